The number of hydrogen-bond donors (Lipinski definition) is 2. The van der Waals surface area contributed by atoms with E-state index in [4.69, 9.17) is 23.2 Å². The van der Waals surface area contributed by atoms with Crippen molar-refractivity contribution in [3.05, 3.63) is 78.5 Å². The van der Waals surface area contributed by atoms with Gasteiger partial charge < -0.3 is 9.97 Å². The lowest BCUT2D eigenvalue weighted by Gasteiger charge is -2.08. The Kier molecular flexibility index (Phi) is 3.39. The van der Waals surface area contributed by atoms with E-state index < -0.39 is 0 Å². The van der Waals surface area contributed by atoms with Crippen molar-refractivity contribution in [1.29, 1.82) is 0 Å². The lowest BCUT2D eigenvalue weighted by Crippen LogP contribution is -2.09. The summed E-state index contributed by atoms with van der Waals surface area (Å²) >= 11 is 12.2. The Labute approximate surface area is 162 Å². The number of aromatic amines is 2. The van der Waals surface area contributed by atoms with Gasteiger partial charge in [0.05, 0.1) is 22.1 Å². The van der Waals surface area contributed by atoms with Gasteiger partial charge in [0, 0.05) is 31.6 Å². The summed E-state index contributed by atoms with van der Waals surface area (Å²) in [5.41, 5.74) is 3.08. The standard InChI is InChI=1S/C21H12Cl2N2O2/c1-9-4-11(23)6-18-19(9)21(27)14-8-16-13(7-17(14)25-18)20(26)12-3-2-10(22)5-15(12)24-16/h2-8H,1H3,(H,24,26)(H,25,27). The van der Waals surface area contributed by atoms with Crippen molar-refractivity contribution in [3.63, 3.8) is 0 Å². The Hall–Kier alpha value is -2.82. The number of benzene rings is 3. The number of fused-ring (bicyclic) bond motifs is 4. The number of rotatable bonds is 0. The maximum absolute atomic E-state index is 13.1. The fraction of sp³-hybridized carbons (Fsp3) is 0.0476. The van der Waals surface area contributed by atoms with Crippen molar-refractivity contribution in [2.24, 2.45) is 0 Å². The van der Waals surface area contributed by atoms with Crippen LogP contribution < -0.4 is 10.9 Å². The first-order valence-electron chi connectivity index (χ1n) is 8.33. The summed E-state index contributed by atoms with van der Waals surface area (Å²) in [6.07, 6.45) is 0. The topological polar surface area (TPSA) is 65.7 Å². The van der Waals surface area contributed by atoms with Gasteiger partial charge in [-0.05, 0) is 55.0 Å². The normalized spacial score (nSPS) is 11.8. The van der Waals surface area contributed by atoms with Gasteiger partial charge in [0.1, 0.15) is 0 Å². The molecular weight excluding hydrogens is 383 g/mol. The molecule has 0 saturated heterocycles. The predicted molar refractivity (Wildman–Crippen MR) is 112 cm³/mol. The fourth-order valence-corrected chi connectivity index (χ4v) is 4.16. The highest BCUT2D eigenvalue weighted by Gasteiger charge is 2.13. The van der Waals surface area contributed by atoms with Crippen molar-refractivity contribution in [2.45, 2.75) is 6.92 Å². The molecule has 0 radical (unpaired) electrons. The molecule has 3 aromatic carbocycles. The van der Waals surface area contributed by atoms with E-state index in [9.17, 15) is 9.59 Å². The van der Waals surface area contributed by atoms with Crippen LogP contribution >= 0.6 is 23.2 Å². The number of H-pyrrole nitrogens is 2. The van der Waals surface area contributed by atoms with E-state index in [0.717, 1.165) is 5.56 Å². The Morgan fingerprint density at radius 2 is 1.26 bits per heavy atom. The largest absolute Gasteiger partial charge is 0.354 e. The summed E-state index contributed by atoms with van der Waals surface area (Å²) in [5, 5.41) is 3.25. The average molecular weight is 395 g/mol. The third-order valence-corrected chi connectivity index (χ3v) is 5.39. The van der Waals surface area contributed by atoms with Gasteiger partial charge >= 0.3 is 0 Å². The molecule has 0 saturated carbocycles. The first-order valence-corrected chi connectivity index (χ1v) is 9.09. The van der Waals surface area contributed by atoms with E-state index in [-0.39, 0.29) is 10.9 Å². The summed E-state index contributed by atoms with van der Waals surface area (Å²) in [5.74, 6) is 0. The maximum atomic E-state index is 13.1. The smallest absolute Gasteiger partial charge is 0.197 e. The van der Waals surface area contributed by atoms with E-state index in [0.29, 0.717) is 53.7 Å². The Morgan fingerprint density at radius 1 is 0.667 bits per heavy atom. The molecule has 2 heterocycles. The van der Waals surface area contributed by atoms with Gasteiger partial charge in [-0.2, -0.15) is 0 Å². The molecule has 0 aliphatic carbocycles. The quantitative estimate of drug-likeness (QED) is 0.350. The number of halogens is 2. The van der Waals surface area contributed by atoms with Gasteiger partial charge in [-0.15, -0.1) is 0 Å². The molecule has 2 aromatic heterocycles. The second-order valence-electron chi connectivity index (χ2n) is 6.69. The molecule has 6 heteroatoms. The number of nitrogens with one attached hydrogen (secondary N) is 2. The van der Waals surface area contributed by atoms with Gasteiger partial charge in [-0.1, -0.05) is 23.2 Å². The molecule has 5 aromatic rings. The molecule has 5 rings (SSSR count). The van der Waals surface area contributed by atoms with Crippen LogP contribution in [0.25, 0.3) is 43.6 Å². The van der Waals surface area contributed by atoms with Crippen LogP contribution in [-0.4, -0.2) is 9.97 Å². The van der Waals surface area contributed by atoms with Crippen molar-refractivity contribution < 1.29 is 0 Å². The molecule has 4 nitrogen and oxygen atoms in total. The number of aryl methyl sites for hydroxylation is 1. The Morgan fingerprint density at radius 3 is 2.00 bits per heavy atom. The van der Waals surface area contributed by atoms with Gasteiger partial charge in [0.2, 0.25) is 0 Å². The van der Waals surface area contributed by atoms with Crippen LogP contribution in [0.3, 0.4) is 0 Å². The molecule has 0 aliphatic heterocycles. The summed E-state index contributed by atoms with van der Waals surface area (Å²) in [7, 11) is 0. The van der Waals surface area contributed by atoms with Crippen LogP contribution in [0.2, 0.25) is 10.0 Å². The van der Waals surface area contributed by atoms with E-state index in [1.165, 1.54) is 0 Å². The third kappa shape index (κ3) is 2.37. The van der Waals surface area contributed by atoms with Gasteiger partial charge in [0.15, 0.2) is 10.9 Å². The third-order valence-electron chi connectivity index (χ3n) is 4.94. The number of aromatic nitrogens is 2. The van der Waals surface area contributed by atoms with Gasteiger partial charge in [-0.25, -0.2) is 0 Å². The average Bonchev–Trinajstić information content (AvgIpc) is 2.60. The van der Waals surface area contributed by atoms with E-state index in [2.05, 4.69) is 9.97 Å². The van der Waals surface area contributed by atoms with Crippen molar-refractivity contribution in [1.82, 2.24) is 9.97 Å². The molecule has 0 aliphatic rings. The second-order valence-corrected chi connectivity index (χ2v) is 7.56. The molecule has 2 N–H and O–H groups in total. The predicted octanol–water partition coefficient (Wildman–Crippen LogP) is 5.29. The second kappa shape index (κ2) is 5.59. The summed E-state index contributed by atoms with van der Waals surface area (Å²) in [4.78, 5) is 32.5. The highest BCUT2D eigenvalue weighted by Crippen LogP contribution is 2.25. The van der Waals surface area contributed by atoms with E-state index in [1.54, 1.807) is 42.5 Å². The first-order chi connectivity index (χ1) is 12.9. The highest BCUT2D eigenvalue weighted by atomic mass is 35.5. The highest BCUT2D eigenvalue weighted by molar-refractivity contribution is 6.31. The number of hydrogen-bond acceptors (Lipinski definition) is 2. The minimum atomic E-state index is -0.111. The first kappa shape index (κ1) is 16.4. The van der Waals surface area contributed by atoms with Crippen LogP contribution in [-0.2, 0) is 0 Å². The molecule has 0 atom stereocenters. The molecule has 0 bridgehead atoms. The molecule has 27 heavy (non-hydrogen) atoms. The van der Waals surface area contributed by atoms with Crippen molar-refractivity contribution >= 4 is 66.8 Å². The van der Waals surface area contributed by atoms with Gasteiger partial charge in [-0.3, -0.25) is 9.59 Å². The molecule has 0 fully saturated rings. The van der Waals surface area contributed by atoms with Crippen LogP contribution in [0.5, 0.6) is 0 Å². The number of pyridine rings is 2. The van der Waals surface area contributed by atoms with Crippen LogP contribution in [0.15, 0.2) is 52.1 Å². The van der Waals surface area contributed by atoms with Crippen molar-refractivity contribution in [3.8, 4) is 0 Å². The van der Waals surface area contributed by atoms with Crippen molar-refractivity contribution in [2.75, 3.05) is 0 Å². The molecule has 132 valence electrons. The molecule has 0 spiro atoms. The Bertz CT molecular complexity index is 1550. The minimum absolute atomic E-state index is 0.0955. The zero-order valence-electron chi connectivity index (χ0n) is 14.1. The Balaban J connectivity index is 2.01. The lowest BCUT2D eigenvalue weighted by atomic mass is 10.0. The van der Waals surface area contributed by atoms with Crippen LogP contribution in [0.4, 0.5) is 0 Å². The lowest BCUT2D eigenvalue weighted by molar-refractivity contribution is 1.43. The monoisotopic (exact) mass is 394 g/mol. The van der Waals surface area contributed by atoms with E-state index in [1.807, 2.05) is 6.92 Å². The summed E-state index contributed by atoms with van der Waals surface area (Å²) in [6, 6.07) is 12.0. The molecule has 0 unspecified atom stereocenters. The van der Waals surface area contributed by atoms with Crippen LogP contribution in [0.1, 0.15) is 5.56 Å². The maximum Gasteiger partial charge on any atom is 0.197 e. The zero-order chi connectivity index (χ0) is 18.9. The SMILES string of the molecule is Cc1cc(Cl)cc2[nH]c3cc4c(=O)c5ccc(Cl)cc5[nH]c4cc3c(=O)c12. The minimum Gasteiger partial charge on any atom is -0.354 e. The zero-order valence-corrected chi connectivity index (χ0v) is 15.6. The molecule has 0 amide bonds. The summed E-state index contributed by atoms with van der Waals surface area (Å²) < 4.78 is 0. The summed E-state index contributed by atoms with van der Waals surface area (Å²) in [6.45, 7) is 1.85. The van der Waals surface area contributed by atoms with Gasteiger partial charge in [0.25, 0.3) is 0 Å². The fourth-order valence-electron chi connectivity index (χ4n) is 3.71. The molecular formula is C21H12Cl2N2O2. The van der Waals surface area contributed by atoms with Crippen LogP contribution in [0, 0.1) is 6.92 Å². The van der Waals surface area contributed by atoms with E-state index >= 15 is 0 Å².